The van der Waals surface area contributed by atoms with Crippen molar-refractivity contribution in [1.82, 2.24) is 0 Å². The van der Waals surface area contributed by atoms with Crippen molar-refractivity contribution in [2.75, 3.05) is 0 Å². The van der Waals surface area contributed by atoms with E-state index in [0.29, 0.717) is 6.61 Å². The average Bonchev–Trinajstić information content (AvgIpc) is 2.53. The number of aliphatic hydroxyl groups is 1. The predicted molar refractivity (Wildman–Crippen MR) is 80.4 cm³/mol. The van der Waals surface area contributed by atoms with Crippen LogP contribution >= 0.6 is 0 Å². The standard InChI is InChI=1S/C17H21NO2/c1-2-17(18)15-7-9-16(10-8-15)20-12-14-5-3-13(11-19)4-6-14/h3-10,17,19H,2,11-12,18H2,1H3. The van der Waals surface area contributed by atoms with Gasteiger partial charge in [-0.25, -0.2) is 0 Å². The van der Waals surface area contributed by atoms with Gasteiger partial charge >= 0.3 is 0 Å². The fraction of sp³-hybridized carbons (Fsp3) is 0.294. The molecule has 0 heterocycles. The summed E-state index contributed by atoms with van der Waals surface area (Å²) in [6.45, 7) is 2.66. The molecule has 0 aliphatic heterocycles. The van der Waals surface area contributed by atoms with E-state index in [1.54, 1.807) is 0 Å². The molecule has 2 rings (SSSR count). The van der Waals surface area contributed by atoms with Gasteiger partial charge in [0, 0.05) is 6.04 Å². The Morgan fingerprint density at radius 2 is 1.60 bits per heavy atom. The summed E-state index contributed by atoms with van der Waals surface area (Å²) in [4.78, 5) is 0. The van der Waals surface area contributed by atoms with Crippen molar-refractivity contribution in [2.24, 2.45) is 5.73 Å². The van der Waals surface area contributed by atoms with Gasteiger partial charge in [-0.15, -0.1) is 0 Å². The quantitative estimate of drug-likeness (QED) is 0.848. The van der Waals surface area contributed by atoms with E-state index < -0.39 is 0 Å². The molecule has 2 aromatic carbocycles. The first-order valence-electron chi connectivity index (χ1n) is 6.90. The topological polar surface area (TPSA) is 55.5 Å². The lowest BCUT2D eigenvalue weighted by atomic mass is 10.1. The summed E-state index contributed by atoms with van der Waals surface area (Å²) < 4.78 is 5.73. The minimum Gasteiger partial charge on any atom is -0.489 e. The molecule has 1 atom stereocenters. The maximum absolute atomic E-state index is 8.99. The second kappa shape index (κ2) is 7.08. The molecule has 0 spiro atoms. The highest BCUT2D eigenvalue weighted by atomic mass is 16.5. The van der Waals surface area contributed by atoms with Crippen molar-refractivity contribution < 1.29 is 9.84 Å². The molecule has 0 radical (unpaired) electrons. The van der Waals surface area contributed by atoms with Gasteiger partial charge in [0.2, 0.25) is 0 Å². The molecule has 0 saturated carbocycles. The van der Waals surface area contributed by atoms with Crippen LogP contribution < -0.4 is 10.5 Å². The first-order valence-corrected chi connectivity index (χ1v) is 6.90. The maximum Gasteiger partial charge on any atom is 0.119 e. The first-order chi connectivity index (χ1) is 9.72. The van der Waals surface area contributed by atoms with Crippen molar-refractivity contribution in [2.45, 2.75) is 32.6 Å². The van der Waals surface area contributed by atoms with E-state index in [1.165, 1.54) is 0 Å². The van der Waals surface area contributed by atoms with E-state index >= 15 is 0 Å². The van der Waals surface area contributed by atoms with Gasteiger partial charge in [0.05, 0.1) is 6.61 Å². The minimum atomic E-state index is 0.0697. The zero-order chi connectivity index (χ0) is 14.4. The van der Waals surface area contributed by atoms with Gasteiger partial charge in [-0.3, -0.25) is 0 Å². The zero-order valence-electron chi connectivity index (χ0n) is 11.8. The van der Waals surface area contributed by atoms with E-state index in [9.17, 15) is 0 Å². The minimum absolute atomic E-state index is 0.0697. The summed E-state index contributed by atoms with van der Waals surface area (Å²) >= 11 is 0. The molecular formula is C17H21NO2. The molecule has 0 aliphatic rings. The molecule has 0 amide bonds. The molecule has 106 valence electrons. The Morgan fingerprint density at radius 3 is 2.15 bits per heavy atom. The Hall–Kier alpha value is -1.84. The first kappa shape index (κ1) is 14.6. The molecule has 0 fully saturated rings. The van der Waals surface area contributed by atoms with Crippen LogP contribution in [0.25, 0.3) is 0 Å². The van der Waals surface area contributed by atoms with Gasteiger partial charge < -0.3 is 15.6 Å². The molecule has 0 saturated heterocycles. The van der Waals surface area contributed by atoms with Crippen LogP contribution in [0, 0.1) is 0 Å². The van der Waals surface area contributed by atoms with Crippen LogP contribution in [0.3, 0.4) is 0 Å². The monoisotopic (exact) mass is 271 g/mol. The Morgan fingerprint density at radius 1 is 1.00 bits per heavy atom. The molecule has 20 heavy (non-hydrogen) atoms. The average molecular weight is 271 g/mol. The molecule has 0 aromatic heterocycles. The van der Waals surface area contributed by atoms with Gasteiger partial charge in [-0.2, -0.15) is 0 Å². The van der Waals surface area contributed by atoms with Crippen LogP contribution in [0.5, 0.6) is 5.75 Å². The number of aliphatic hydroxyl groups excluding tert-OH is 1. The van der Waals surface area contributed by atoms with Crippen LogP contribution in [-0.2, 0) is 13.2 Å². The highest BCUT2D eigenvalue weighted by molar-refractivity contribution is 5.29. The van der Waals surface area contributed by atoms with Crippen LogP contribution in [0.15, 0.2) is 48.5 Å². The van der Waals surface area contributed by atoms with Crippen LogP contribution in [0.1, 0.15) is 36.1 Å². The van der Waals surface area contributed by atoms with Crippen molar-refractivity contribution in [1.29, 1.82) is 0 Å². The van der Waals surface area contributed by atoms with Crippen LogP contribution in [0.4, 0.5) is 0 Å². The number of nitrogens with two attached hydrogens (primary N) is 1. The molecule has 0 aliphatic carbocycles. The molecule has 0 bridgehead atoms. The van der Waals surface area contributed by atoms with Gasteiger partial charge in [0.15, 0.2) is 0 Å². The number of hydrogen-bond donors (Lipinski definition) is 2. The second-order valence-corrected chi connectivity index (χ2v) is 4.85. The van der Waals surface area contributed by atoms with Gasteiger partial charge in [-0.05, 0) is 35.2 Å². The summed E-state index contributed by atoms with van der Waals surface area (Å²) in [7, 11) is 0. The van der Waals surface area contributed by atoms with Crippen molar-refractivity contribution in [3.8, 4) is 5.75 Å². The lowest BCUT2D eigenvalue weighted by molar-refractivity contribution is 0.281. The van der Waals surface area contributed by atoms with Crippen molar-refractivity contribution >= 4 is 0 Å². The Kier molecular flexibility index (Phi) is 5.16. The number of hydrogen-bond acceptors (Lipinski definition) is 3. The molecule has 1 unspecified atom stereocenters. The van der Waals surface area contributed by atoms with Crippen molar-refractivity contribution in [3.63, 3.8) is 0 Å². The van der Waals surface area contributed by atoms with Gasteiger partial charge in [0.25, 0.3) is 0 Å². The second-order valence-electron chi connectivity index (χ2n) is 4.85. The third-order valence-corrected chi connectivity index (χ3v) is 3.36. The van der Waals surface area contributed by atoms with E-state index in [2.05, 4.69) is 6.92 Å². The summed E-state index contributed by atoms with van der Waals surface area (Å²) in [5.74, 6) is 0.836. The predicted octanol–water partition coefficient (Wildman–Crippen LogP) is 3.17. The molecule has 3 nitrogen and oxygen atoms in total. The van der Waals surface area contributed by atoms with Crippen LogP contribution in [-0.4, -0.2) is 5.11 Å². The lowest BCUT2D eigenvalue weighted by Gasteiger charge is -2.11. The van der Waals surface area contributed by atoms with Gasteiger partial charge in [0.1, 0.15) is 12.4 Å². The molecular weight excluding hydrogens is 250 g/mol. The fourth-order valence-electron chi connectivity index (χ4n) is 1.95. The number of rotatable bonds is 6. The van der Waals surface area contributed by atoms with Crippen LogP contribution in [0.2, 0.25) is 0 Å². The fourth-order valence-corrected chi connectivity index (χ4v) is 1.95. The highest BCUT2D eigenvalue weighted by Gasteiger charge is 2.03. The van der Waals surface area contributed by atoms with E-state index in [1.807, 2.05) is 48.5 Å². The molecule has 2 aromatic rings. The summed E-state index contributed by atoms with van der Waals surface area (Å²) in [6, 6.07) is 15.8. The Balaban J connectivity index is 1.93. The number of ether oxygens (including phenoxy) is 1. The Bertz CT molecular complexity index is 520. The SMILES string of the molecule is CCC(N)c1ccc(OCc2ccc(CO)cc2)cc1. The number of benzene rings is 2. The normalized spacial score (nSPS) is 12.2. The lowest BCUT2D eigenvalue weighted by Crippen LogP contribution is -2.08. The van der Waals surface area contributed by atoms with Crippen molar-refractivity contribution in [3.05, 3.63) is 65.2 Å². The summed E-state index contributed by atoms with van der Waals surface area (Å²) in [5.41, 5.74) is 9.10. The summed E-state index contributed by atoms with van der Waals surface area (Å²) in [6.07, 6.45) is 0.928. The summed E-state index contributed by atoms with van der Waals surface area (Å²) in [5, 5.41) is 8.99. The Labute approximate surface area is 120 Å². The third-order valence-electron chi connectivity index (χ3n) is 3.36. The van der Waals surface area contributed by atoms with E-state index in [-0.39, 0.29) is 12.6 Å². The van der Waals surface area contributed by atoms with Gasteiger partial charge in [-0.1, -0.05) is 43.3 Å². The third kappa shape index (κ3) is 3.83. The van der Waals surface area contributed by atoms with E-state index in [4.69, 9.17) is 15.6 Å². The zero-order valence-corrected chi connectivity index (χ0v) is 11.8. The smallest absolute Gasteiger partial charge is 0.119 e. The van der Waals surface area contributed by atoms with E-state index in [0.717, 1.165) is 28.9 Å². The largest absolute Gasteiger partial charge is 0.489 e. The highest BCUT2D eigenvalue weighted by Crippen LogP contribution is 2.19. The molecule has 3 N–H and O–H groups in total. The molecule has 3 heteroatoms. The maximum atomic E-state index is 8.99.